The Labute approximate surface area is 82.3 Å². The van der Waals surface area contributed by atoms with Crippen LogP contribution in [0, 0.1) is 12.1 Å². The van der Waals surface area contributed by atoms with Crippen LogP contribution in [0.25, 0.3) is 6.08 Å². The molecule has 0 saturated heterocycles. The topological polar surface area (TPSA) is 47.2 Å². The van der Waals surface area contributed by atoms with Crippen molar-refractivity contribution in [2.24, 2.45) is 0 Å². The lowest BCUT2D eigenvalue weighted by atomic mass is 10.1. The third-order valence-electron chi connectivity index (χ3n) is 1.94. The molecule has 70 valence electrons. The van der Waals surface area contributed by atoms with Gasteiger partial charge in [0, 0.05) is 23.8 Å². The van der Waals surface area contributed by atoms with Crippen LogP contribution in [0.2, 0.25) is 0 Å². The van der Waals surface area contributed by atoms with Gasteiger partial charge in [-0.3, -0.25) is 0 Å². The van der Waals surface area contributed by atoms with Gasteiger partial charge < -0.3 is 10.3 Å². The van der Waals surface area contributed by atoms with Crippen molar-refractivity contribution in [3.8, 4) is 5.75 Å². The minimum atomic E-state index is 0.00222. The van der Waals surface area contributed by atoms with Crippen LogP contribution in [0.5, 0.6) is 5.75 Å². The predicted molar refractivity (Wildman–Crippen MR) is 54.6 cm³/mol. The van der Waals surface area contributed by atoms with E-state index in [2.05, 4.69) is 19.2 Å². The zero-order valence-corrected chi connectivity index (χ0v) is 8.21. The summed E-state index contributed by atoms with van der Waals surface area (Å²) in [6.07, 6.45) is 2.91. The molecule has 4 heteroatoms. The standard InChI is InChI=1S/C9H11NO2S/c1-3-7-4-10(12)6(2)9(11)8(7)5-13/h3-4,11,13H,1,5H2,2H3. The van der Waals surface area contributed by atoms with Gasteiger partial charge in [0.2, 0.25) is 5.69 Å². The number of hydrogen-bond acceptors (Lipinski definition) is 3. The molecule has 3 nitrogen and oxygen atoms in total. The zero-order valence-electron chi connectivity index (χ0n) is 7.32. The number of pyridine rings is 1. The fourth-order valence-electron chi connectivity index (χ4n) is 1.10. The number of aromatic nitrogens is 1. The molecule has 0 aromatic carbocycles. The number of rotatable bonds is 2. The van der Waals surface area contributed by atoms with E-state index < -0.39 is 0 Å². The van der Waals surface area contributed by atoms with E-state index in [-0.39, 0.29) is 11.4 Å². The Balaban J connectivity index is 3.47. The van der Waals surface area contributed by atoms with E-state index in [4.69, 9.17) is 0 Å². The van der Waals surface area contributed by atoms with E-state index in [9.17, 15) is 10.3 Å². The summed E-state index contributed by atoms with van der Waals surface area (Å²) < 4.78 is 0.624. The van der Waals surface area contributed by atoms with Crippen molar-refractivity contribution in [2.45, 2.75) is 12.7 Å². The molecule has 1 aromatic heterocycles. The SMILES string of the molecule is C=Cc1c[n+]([O-])c(C)c(O)c1CS. The highest BCUT2D eigenvalue weighted by molar-refractivity contribution is 7.79. The van der Waals surface area contributed by atoms with E-state index in [0.29, 0.717) is 21.6 Å². The van der Waals surface area contributed by atoms with Gasteiger partial charge in [-0.2, -0.15) is 17.4 Å². The summed E-state index contributed by atoms with van der Waals surface area (Å²) in [5.74, 6) is 0.386. The van der Waals surface area contributed by atoms with Crippen molar-refractivity contribution in [1.82, 2.24) is 0 Å². The summed E-state index contributed by atoms with van der Waals surface area (Å²) in [7, 11) is 0. The maximum atomic E-state index is 11.2. The van der Waals surface area contributed by atoms with Crippen molar-refractivity contribution < 1.29 is 9.84 Å². The van der Waals surface area contributed by atoms with E-state index in [1.165, 1.54) is 12.3 Å². The summed E-state index contributed by atoms with van der Waals surface area (Å²) in [5, 5.41) is 20.7. The lowest BCUT2D eigenvalue weighted by Gasteiger charge is -2.08. The molecule has 0 bridgehead atoms. The van der Waals surface area contributed by atoms with Crippen LogP contribution in [-0.2, 0) is 5.75 Å². The smallest absolute Gasteiger partial charge is 0.231 e. The first-order chi connectivity index (χ1) is 6.11. The second-order valence-electron chi connectivity index (χ2n) is 2.69. The Morgan fingerprint density at radius 3 is 2.85 bits per heavy atom. The number of thiol groups is 1. The van der Waals surface area contributed by atoms with Crippen LogP contribution in [0.4, 0.5) is 0 Å². The van der Waals surface area contributed by atoms with Gasteiger partial charge in [-0.05, 0) is 0 Å². The molecule has 0 spiro atoms. The lowest BCUT2D eigenvalue weighted by molar-refractivity contribution is -0.613. The first-order valence-corrected chi connectivity index (χ1v) is 4.43. The Morgan fingerprint density at radius 2 is 2.38 bits per heavy atom. The first kappa shape index (κ1) is 9.92. The van der Waals surface area contributed by atoms with Crippen LogP contribution in [0.1, 0.15) is 16.8 Å². The van der Waals surface area contributed by atoms with E-state index in [1.807, 2.05) is 0 Å². The highest BCUT2D eigenvalue weighted by atomic mass is 32.1. The largest absolute Gasteiger partial charge is 0.618 e. The van der Waals surface area contributed by atoms with E-state index in [1.54, 1.807) is 6.92 Å². The average molecular weight is 197 g/mol. The molecule has 1 heterocycles. The molecule has 0 aliphatic rings. The maximum Gasteiger partial charge on any atom is 0.231 e. The van der Waals surface area contributed by atoms with Crippen LogP contribution >= 0.6 is 12.6 Å². The van der Waals surface area contributed by atoms with Gasteiger partial charge in [-0.15, -0.1) is 0 Å². The highest BCUT2D eigenvalue weighted by Gasteiger charge is 2.14. The van der Waals surface area contributed by atoms with Crippen molar-refractivity contribution in [2.75, 3.05) is 0 Å². The fourth-order valence-corrected chi connectivity index (χ4v) is 1.43. The third-order valence-corrected chi connectivity index (χ3v) is 2.26. The number of aromatic hydroxyl groups is 1. The average Bonchev–Trinajstić information content (AvgIpc) is 2.13. The highest BCUT2D eigenvalue weighted by Crippen LogP contribution is 2.24. The summed E-state index contributed by atoms with van der Waals surface area (Å²) in [5.41, 5.74) is 1.55. The minimum absolute atomic E-state index is 0.00222. The van der Waals surface area contributed by atoms with Gasteiger partial charge in [0.25, 0.3) is 0 Å². The minimum Gasteiger partial charge on any atom is -0.618 e. The van der Waals surface area contributed by atoms with Crippen molar-refractivity contribution >= 4 is 18.7 Å². The predicted octanol–water partition coefficient (Wildman–Crippen LogP) is 1.41. The molecule has 0 saturated carbocycles. The molecule has 0 fully saturated rings. The monoisotopic (exact) mass is 197 g/mol. The summed E-state index contributed by atoms with van der Waals surface area (Å²) in [4.78, 5) is 0. The molecule has 0 aliphatic carbocycles. The lowest BCUT2D eigenvalue weighted by Crippen LogP contribution is -2.30. The Morgan fingerprint density at radius 1 is 1.77 bits per heavy atom. The number of nitrogens with zero attached hydrogens (tertiary/aromatic N) is 1. The van der Waals surface area contributed by atoms with Crippen molar-refractivity contribution in [3.63, 3.8) is 0 Å². The number of hydrogen-bond donors (Lipinski definition) is 2. The first-order valence-electron chi connectivity index (χ1n) is 3.79. The van der Waals surface area contributed by atoms with Gasteiger partial charge in [0.15, 0.2) is 11.9 Å². The molecule has 13 heavy (non-hydrogen) atoms. The van der Waals surface area contributed by atoms with Gasteiger partial charge in [0.1, 0.15) is 0 Å². The Bertz CT molecular complexity index is 350. The van der Waals surface area contributed by atoms with E-state index >= 15 is 0 Å². The molecule has 1 aromatic rings. The maximum absolute atomic E-state index is 11.2. The second-order valence-corrected chi connectivity index (χ2v) is 3.00. The van der Waals surface area contributed by atoms with Crippen molar-refractivity contribution in [3.05, 3.63) is 34.8 Å². The normalized spacial score (nSPS) is 10.0. The van der Waals surface area contributed by atoms with Gasteiger partial charge in [-0.1, -0.05) is 12.7 Å². The molecule has 0 unspecified atom stereocenters. The van der Waals surface area contributed by atoms with Crippen LogP contribution in [0.3, 0.4) is 0 Å². The Kier molecular flexibility index (Phi) is 2.83. The van der Waals surface area contributed by atoms with Gasteiger partial charge in [0.05, 0.1) is 0 Å². The van der Waals surface area contributed by atoms with Crippen LogP contribution in [0.15, 0.2) is 12.8 Å². The second kappa shape index (κ2) is 3.70. The molecule has 0 radical (unpaired) electrons. The molecule has 0 amide bonds. The zero-order chi connectivity index (χ0) is 10.0. The van der Waals surface area contributed by atoms with Gasteiger partial charge >= 0.3 is 0 Å². The molecular weight excluding hydrogens is 186 g/mol. The molecule has 1 rings (SSSR count). The molecular formula is C9H11NO2S. The fraction of sp³-hybridized carbons (Fsp3) is 0.222. The molecule has 0 atom stereocenters. The van der Waals surface area contributed by atoms with Crippen LogP contribution < -0.4 is 4.73 Å². The summed E-state index contributed by atoms with van der Waals surface area (Å²) in [6, 6.07) is 0. The summed E-state index contributed by atoms with van der Waals surface area (Å²) in [6.45, 7) is 5.11. The third kappa shape index (κ3) is 1.62. The molecule has 0 aliphatic heterocycles. The molecule has 1 N–H and O–H groups in total. The summed E-state index contributed by atoms with van der Waals surface area (Å²) >= 11 is 4.07. The van der Waals surface area contributed by atoms with Gasteiger partial charge in [-0.25, -0.2) is 0 Å². The van der Waals surface area contributed by atoms with Crippen LogP contribution in [-0.4, -0.2) is 5.11 Å². The van der Waals surface area contributed by atoms with Crippen molar-refractivity contribution in [1.29, 1.82) is 0 Å². The Hall–Kier alpha value is -1.16. The van der Waals surface area contributed by atoms with E-state index in [0.717, 1.165) is 0 Å². The quantitative estimate of drug-likeness (QED) is 0.428.